The summed E-state index contributed by atoms with van der Waals surface area (Å²) in [6.45, 7) is 1.57. The van der Waals surface area contributed by atoms with E-state index in [1.165, 1.54) is 4.70 Å². The third kappa shape index (κ3) is 2.79. The Hall–Kier alpha value is -2.31. The molecule has 1 fully saturated rings. The van der Waals surface area contributed by atoms with E-state index >= 15 is 0 Å². The molecule has 0 aliphatic carbocycles. The van der Waals surface area contributed by atoms with Crippen LogP contribution in [-0.4, -0.2) is 33.9 Å². The summed E-state index contributed by atoms with van der Waals surface area (Å²) in [5, 5.41) is 1.15. The van der Waals surface area contributed by atoms with E-state index in [0.29, 0.717) is 5.92 Å². The molecule has 2 aromatic heterocycles. The molecule has 0 radical (unpaired) electrons. The lowest BCUT2D eigenvalue weighted by Crippen LogP contribution is -2.39. The van der Waals surface area contributed by atoms with Crippen LogP contribution in [0.15, 0.2) is 48.0 Å². The Bertz CT molecular complexity index is 1070. The van der Waals surface area contributed by atoms with Crippen molar-refractivity contribution in [1.29, 1.82) is 0 Å². The number of nitrogens with zero attached hydrogens (tertiary/aromatic N) is 3. The summed E-state index contributed by atoms with van der Waals surface area (Å²) in [6.07, 6.45) is 2.12. The highest BCUT2D eigenvalue weighted by Crippen LogP contribution is 2.33. The highest BCUT2D eigenvalue weighted by Gasteiger charge is 2.27. The molecule has 3 heterocycles. The van der Waals surface area contributed by atoms with Crippen molar-refractivity contribution in [2.45, 2.75) is 18.8 Å². The molecule has 0 unspecified atom stereocenters. The Morgan fingerprint density at radius 2 is 2.04 bits per heavy atom. The van der Waals surface area contributed by atoms with Crippen LogP contribution in [0.3, 0.4) is 0 Å². The molecule has 1 aliphatic heterocycles. The first-order chi connectivity index (χ1) is 12.8. The van der Waals surface area contributed by atoms with Crippen molar-refractivity contribution in [3.8, 4) is 0 Å². The van der Waals surface area contributed by atoms with Crippen molar-refractivity contribution in [3.63, 3.8) is 0 Å². The normalized spacial score (nSPS) is 17.8. The van der Waals surface area contributed by atoms with Crippen LogP contribution in [-0.2, 0) is 0 Å². The third-order valence-corrected chi connectivity index (χ3v) is 6.94. The molecule has 1 amide bonds. The summed E-state index contributed by atoms with van der Waals surface area (Å²) in [5.74, 6) is 0.448. The van der Waals surface area contributed by atoms with Crippen molar-refractivity contribution in [3.05, 3.63) is 58.5 Å². The molecule has 0 saturated carbocycles. The first kappa shape index (κ1) is 15.9. The largest absolute Gasteiger partial charge is 0.338 e. The van der Waals surface area contributed by atoms with Gasteiger partial charge in [-0.15, -0.1) is 22.7 Å². The molecule has 4 aromatic rings. The van der Waals surface area contributed by atoms with Gasteiger partial charge in [-0.25, -0.2) is 9.97 Å². The second-order valence-electron chi connectivity index (χ2n) is 6.65. The number of carbonyl (C=O) groups is 1. The van der Waals surface area contributed by atoms with E-state index in [9.17, 15) is 4.79 Å². The number of para-hydroxylation sites is 1. The predicted molar refractivity (Wildman–Crippen MR) is 107 cm³/mol. The van der Waals surface area contributed by atoms with Gasteiger partial charge in [0.05, 0.1) is 31.0 Å². The Labute approximate surface area is 159 Å². The number of piperidine rings is 1. The van der Waals surface area contributed by atoms with Crippen LogP contribution in [0.1, 0.15) is 34.1 Å². The number of amides is 1. The molecule has 0 spiro atoms. The van der Waals surface area contributed by atoms with E-state index in [4.69, 9.17) is 4.98 Å². The molecular formula is C20H17N3OS2. The summed E-state index contributed by atoms with van der Waals surface area (Å²) >= 11 is 3.34. The summed E-state index contributed by atoms with van der Waals surface area (Å²) in [7, 11) is 0. The van der Waals surface area contributed by atoms with Gasteiger partial charge in [-0.1, -0.05) is 12.1 Å². The Morgan fingerprint density at radius 3 is 2.96 bits per heavy atom. The SMILES string of the molecule is O=C(c1ccc2ncsc2c1)N1CCC[C@@H](c2nc3ccccc3s2)C1. The Balaban J connectivity index is 1.40. The molecule has 1 aliphatic rings. The van der Waals surface area contributed by atoms with Gasteiger partial charge in [0, 0.05) is 24.6 Å². The number of hydrogen-bond acceptors (Lipinski definition) is 5. The summed E-state index contributed by atoms with van der Waals surface area (Å²) in [6, 6.07) is 14.1. The minimum atomic E-state index is 0.117. The van der Waals surface area contributed by atoms with Crippen molar-refractivity contribution in [1.82, 2.24) is 14.9 Å². The number of rotatable bonds is 2. The number of aromatic nitrogens is 2. The van der Waals surface area contributed by atoms with Crippen molar-refractivity contribution >= 4 is 49.0 Å². The van der Waals surface area contributed by atoms with E-state index < -0.39 is 0 Å². The summed E-state index contributed by atoms with van der Waals surface area (Å²) < 4.78 is 2.29. The maximum atomic E-state index is 13.0. The van der Waals surface area contributed by atoms with Gasteiger partial charge < -0.3 is 4.90 Å². The van der Waals surface area contributed by atoms with Gasteiger partial charge in [-0.05, 0) is 43.2 Å². The molecule has 1 saturated heterocycles. The van der Waals surface area contributed by atoms with Crippen LogP contribution in [0.5, 0.6) is 0 Å². The second-order valence-corrected chi connectivity index (χ2v) is 8.59. The van der Waals surface area contributed by atoms with Crippen LogP contribution in [0, 0.1) is 0 Å². The molecule has 130 valence electrons. The predicted octanol–water partition coefficient (Wildman–Crippen LogP) is 4.93. The zero-order valence-corrected chi connectivity index (χ0v) is 15.7. The molecule has 5 rings (SSSR count). The molecular weight excluding hydrogens is 362 g/mol. The standard InChI is InChI=1S/C20H17N3OS2/c24-20(13-7-8-15-18(10-13)25-12-21-15)23-9-3-4-14(11-23)19-22-16-5-1-2-6-17(16)26-19/h1-2,5-8,10,12,14H,3-4,9,11H2/t14-/m1/s1. The van der Waals surface area contributed by atoms with Crippen molar-refractivity contribution < 1.29 is 4.79 Å². The van der Waals surface area contributed by atoms with Gasteiger partial charge >= 0.3 is 0 Å². The van der Waals surface area contributed by atoms with Crippen LogP contribution in [0.2, 0.25) is 0 Å². The van der Waals surface area contributed by atoms with E-state index in [0.717, 1.165) is 52.2 Å². The Kier molecular flexibility index (Phi) is 3.94. The number of thiazole rings is 2. The maximum absolute atomic E-state index is 13.0. The summed E-state index contributed by atoms with van der Waals surface area (Å²) in [4.78, 5) is 24.1. The monoisotopic (exact) mass is 379 g/mol. The zero-order chi connectivity index (χ0) is 17.5. The van der Waals surface area contributed by atoms with Gasteiger partial charge in [-0.2, -0.15) is 0 Å². The van der Waals surface area contributed by atoms with Crippen molar-refractivity contribution in [2.24, 2.45) is 0 Å². The Morgan fingerprint density at radius 1 is 1.12 bits per heavy atom. The van der Waals surface area contributed by atoms with Crippen molar-refractivity contribution in [2.75, 3.05) is 13.1 Å². The minimum Gasteiger partial charge on any atom is -0.338 e. The number of likely N-dealkylation sites (tertiary alicyclic amines) is 1. The molecule has 4 nitrogen and oxygen atoms in total. The zero-order valence-electron chi connectivity index (χ0n) is 14.1. The lowest BCUT2D eigenvalue weighted by atomic mass is 9.98. The number of hydrogen-bond donors (Lipinski definition) is 0. The first-order valence-electron chi connectivity index (χ1n) is 8.76. The topological polar surface area (TPSA) is 46.1 Å². The maximum Gasteiger partial charge on any atom is 0.253 e. The van der Waals surface area contributed by atoms with Gasteiger partial charge in [0.15, 0.2) is 0 Å². The molecule has 6 heteroatoms. The lowest BCUT2D eigenvalue weighted by molar-refractivity contribution is 0.0707. The van der Waals surface area contributed by atoms with Gasteiger partial charge in [-0.3, -0.25) is 4.79 Å². The molecule has 1 atom stereocenters. The first-order valence-corrected chi connectivity index (χ1v) is 10.5. The fourth-order valence-corrected chi connectivity index (χ4v) is 5.41. The number of benzene rings is 2. The molecule has 0 N–H and O–H groups in total. The fourth-order valence-electron chi connectivity index (χ4n) is 3.60. The fraction of sp³-hybridized carbons (Fsp3) is 0.250. The van der Waals surface area contributed by atoms with E-state index in [2.05, 4.69) is 23.2 Å². The van der Waals surface area contributed by atoms with E-state index in [-0.39, 0.29) is 5.91 Å². The highest BCUT2D eigenvalue weighted by atomic mass is 32.1. The second kappa shape index (κ2) is 6.45. The minimum absolute atomic E-state index is 0.117. The van der Waals surface area contributed by atoms with Crippen LogP contribution in [0.25, 0.3) is 20.4 Å². The highest BCUT2D eigenvalue weighted by molar-refractivity contribution is 7.18. The molecule has 2 aromatic carbocycles. The van der Waals surface area contributed by atoms with Crippen LogP contribution < -0.4 is 0 Å². The van der Waals surface area contributed by atoms with Crippen LogP contribution >= 0.6 is 22.7 Å². The summed E-state index contributed by atoms with van der Waals surface area (Å²) in [5.41, 5.74) is 4.60. The van der Waals surface area contributed by atoms with Crippen LogP contribution in [0.4, 0.5) is 0 Å². The van der Waals surface area contributed by atoms with E-state index in [1.54, 1.807) is 22.7 Å². The average molecular weight is 380 g/mol. The van der Waals surface area contributed by atoms with Gasteiger partial charge in [0.1, 0.15) is 0 Å². The molecule has 26 heavy (non-hydrogen) atoms. The van der Waals surface area contributed by atoms with E-state index in [1.807, 2.05) is 34.7 Å². The number of carbonyl (C=O) groups excluding carboxylic acids is 1. The van der Waals surface area contributed by atoms with Gasteiger partial charge in [0.25, 0.3) is 5.91 Å². The third-order valence-electron chi connectivity index (χ3n) is 4.95. The number of fused-ring (bicyclic) bond motifs is 2. The lowest BCUT2D eigenvalue weighted by Gasteiger charge is -2.32. The van der Waals surface area contributed by atoms with Gasteiger partial charge in [0.2, 0.25) is 0 Å². The quantitative estimate of drug-likeness (QED) is 0.496. The molecule has 0 bridgehead atoms. The smallest absolute Gasteiger partial charge is 0.253 e. The average Bonchev–Trinajstić information content (AvgIpc) is 3.33.